The van der Waals surface area contributed by atoms with Crippen LogP contribution in [0.5, 0.6) is 5.75 Å². The molecule has 2 unspecified atom stereocenters. The van der Waals surface area contributed by atoms with Gasteiger partial charge in [0.1, 0.15) is 11.6 Å². The van der Waals surface area contributed by atoms with Crippen LogP contribution in [0.15, 0.2) is 24.3 Å². The van der Waals surface area contributed by atoms with E-state index in [2.05, 4.69) is 25.8 Å². The van der Waals surface area contributed by atoms with Crippen molar-refractivity contribution < 1.29 is 14.6 Å². The summed E-state index contributed by atoms with van der Waals surface area (Å²) >= 11 is 0. The molecule has 2 heterocycles. The van der Waals surface area contributed by atoms with E-state index in [-0.39, 0.29) is 18.5 Å². The van der Waals surface area contributed by atoms with Crippen LogP contribution < -0.4 is 15.4 Å². The van der Waals surface area contributed by atoms with Gasteiger partial charge < -0.3 is 20.5 Å². The second-order valence-corrected chi connectivity index (χ2v) is 5.40. The third kappa shape index (κ3) is 3.66. The van der Waals surface area contributed by atoms with Crippen LogP contribution in [0.1, 0.15) is 12.2 Å². The topological polar surface area (TPSA) is 112 Å². The van der Waals surface area contributed by atoms with Crippen LogP contribution in [0, 0.1) is 0 Å². The number of hydrogen-bond acceptors (Lipinski definition) is 6. The third-order valence-corrected chi connectivity index (χ3v) is 3.73. The molecule has 23 heavy (non-hydrogen) atoms. The zero-order valence-corrected chi connectivity index (χ0v) is 12.7. The summed E-state index contributed by atoms with van der Waals surface area (Å²) in [6.45, 7) is 0.707. The fourth-order valence-electron chi connectivity index (χ4n) is 2.45. The first kappa shape index (κ1) is 15.4. The van der Waals surface area contributed by atoms with Crippen molar-refractivity contribution in [3.63, 3.8) is 0 Å². The first-order valence-corrected chi connectivity index (χ1v) is 7.40. The minimum Gasteiger partial charge on any atom is -0.497 e. The molecule has 0 bridgehead atoms. The van der Waals surface area contributed by atoms with Crippen molar-refractivity contribution in [3.05, 3.63) is 30.1 Å². The molecule has 0 spiro atoms. The zero-order chi connectivity index (χ0) is 16.2. The first-order valence-electron chi connectivity index (χ1n) is 7.40. The highest BCUT2D eigenvalue weighted by Gasteiger charge is 2.27. The van der Waals surface area contributed by atoms with E-state index in [0.717, 1.165) is 11.3 Å². The van der Waals surface area contributed by atoms with Gasteiger partial charge in [0.05, 0.1) is 25.8 Å². The minimum absolute atomic E-state index is 0.149. The van der Waals surface area contributed by atoms with Crippen molar-refractivity contribution >= 4 is 5.91 Å². The average molecular weight is 317 g/mol. The van der Waals surface area contributed by atoms with Crippen LogP contribution >= 0.6 is 0 Å². The Bertz CT molecular complexity index is 670. The van der Waals surface area contributed by atoms with Crippen LogP contribution in [0.2, 0.25) is 0 Å². The maximum Gasteiger partial charge on any atom is 0.237 e. The van der Waals surface area contributed by atoms with Crippen molar-refractivity contribution in [3.8, 4) is 17.1 Å². The Balaban J connectivity index is 1.57. The standard InChI is InChI=1S/C15H19N5O3/c1-23-11-4-2-9(3-5-11)14-18-13(19-20-14)8-17-15(22)12-6-10(21)7-16-12/h2-5,10,12,16,21H,6-8H2,1H3,(H,17,22)(H,18,19,20). The second kappa shape index (κ2) is 6.76. The summed E-state index contributed by atoms with van der Waals surface area (Å²) in [4.78, 5) is 16.3. The van der Waals surface area contributed by atoms with Crippen LogP contribution in [0.4, 0.5) is 0 Å². The molecule has 1 aromatic carbocycles. The number of aliphatic hydroxyl groups excluding tert-OH is 1. The van der Waals surface area contributed by atoms with E-state index in [4.69, 9.17) is 4.74 Å². The van der Waals surface area contributed by atoms with Crippen molar-refractivity contribution in [2.45, 2.75) is 25.1 Å². The van der Waals surface area contributed by atoms with Gasteiger partial charge in [0, 0.05) is 12.1 Å². The lowest BCUT2D eigenvalue weighted by atomic mass is 10.2. The van der Waals surface area contributed by atoms with Gasteiger partial charge in [-0.3, -0.25) is 9.89 Å². The number of amides is 1. The molecule has 1 aromatic heterocycles. The van der Waals surface area contributed by atoms with Gasteiger partial charge in [-0.15, -0.1) is 0 Å². The van der Waals surface area contributed by atoms with E-state index >= 15 is 0 Å². The molecule has 122 valence electrons. The summed E-state index contributed by atoms with van der Waals surface area (Å²) in [6, 6.07) is 7.06. The van der Waals surface area contributed by atoms with Crippen molar-refractivity contribution in [2.24, 2.45) is 0 Å². The van der Waals surface area contributed by atoms with Crippen molar-refractivity contribution in [2.75, 3.05) is 13.7 Å². The van der Waals surface area contributed by atoms with Gasteiger partial charge in [-0.1, -0.05) is 0 Å². The maximum absolute atomic E-state index is 12.0. The smallest absolute Gasteiger partial charge is 0.237 e. The van der Waals surface area contributed by atoms with Crippen LogP contribution in [0.3, 0.4) is 0 Å². The molecule has 8 heteroatoms. The van der Waals surface area contributed by atoms with Gasteiger partial charge in [0.2, 0.25) is 5.91 Å². The Kier molecular flexibility index (Phi) is 4.54. The highest BCUT2D eigenvalue weighted by Crippen LogP contribution is 2.18. The quantitative estimate of drug-likeness (QED) is 0.608. The molecule has 1 aliphatic heterocycles. The minimum atomic E-state index is -0.460. The first-order chi connectivity index (χ1) is 11.2. The number of hydrogen-bond donors (Lipinski definition) is 4. The molecule has 1 aliphatic rings. The highest BCUT2D eigenvalue weighted by atomic mass is 16.5. The van der Waals surface area contributed by atoms with Gasteiger partial charge in [0.15, 0.2) is 5.82 Å². The summed E-state index contributed by atoms with van der Waals surface area (Å²) in [5.74, 6) is 1.75. The molecule has 0 aliphatic carbocycles. The van der Waals surface area contributed by atoms with Crippen molar-refractivity contribution in [1.82, 2.24) is 25.8 Å². The normalized spacial score (nSPS) is 20.4. The van der Waals surface area contributed by atoms with Crippen LogP contribution in [-0.4, -0.2) is 52.0 Å². The van der Waals surface area contributed by atoms with Gasteiger partial charge in [0.25, 0.3) is 0 Å². The van der Waals surface area contributed by atoms with E-state index in [9.17, 15) is 9.90 Å². The van der Waals surface area contributed by atoms with E-state index in [1.165, 1.54) is 0 Å². The monoisotopic (exact) mass is 317 g/mol. The average Bonchev–Trinajstić information content (AvgIpc) is 3.22. The molecular weight excluding hydrogens is 298 g/mol. The van der Waals surface area contributed by atoms with Gasteiger partial charge >= 0.3 is 0 Å². The number of methoxy groups -OCH3 is 1. The lowest BCUT2D eigenvalue weighted by Gasteiger charge is -2.09. The summed E-state index contributed by atoms with van der Waals surface area (Å²) < 4.78 is 5.11. The van der Waals surface area contributed by atoms with Gasteiger partial charge in [-0.25, -0.2) is 4.98 Å². The van der Waals surface area contributed by atoms with Crippen LogP contribution in [0.25, 0.3) is 11.4 Å². The fourth-order valence-corrected chi connectivity index (χ4v) is 2.45. The van der Waals surface area contributed by atoms with E-state index in [0.29, 0.717) is 24.6 Å². The SMILES string of the molecule is COc1ccc(-c2n[nH]c(CNC(=O)C3CC(O)CN3)n2)cc1. The Morgan fingerprint density at radius 2 is 2.22 bits per heavy atom. The number of aromatic nitrogens is 3. The molecule has 4 N–H and O–H groups in total. The predicted molar refractivity (Wildman–Crippen MR) is 82.6 cm³/mol. The lowest BCUT2D eigenvalue weighted by Crippen LogP contribution is -2.40. The lowest BCUT2D eigenvalue weighted by molar-refractivity contribution is -0.123. The number of carbonyl (C=O) groups is 1. The Morgan fingerprint density at radius 3 is 2.87 bits per heavy atom. The number of β-amino-alcohol motifs (C(OH)–C–C–N with tert-alkyl or cyclic N) is 1. The van der Waals surface area contributed by atoms with Gasteiger partial charge in [-0.05, 0) is 30.7 Å². The molecular formula is C15H19N5O3. The van der Waals surface area contributed by atoms with Gasteiger partial charge in [-0.2, -0.15) is 5.10 Å². The highest BCUT2D eigenvalue weighted by molar-refractivity contribution is 5.82. The van der Waals surface area contributed by atoms with Crippen LogP contribution in [-0.2, 0) is 11.3 Å². The zero-order valence-electron chi connectivity index (χ0n) is 12.7. The molecule has 1 amide bonds. The number of carbonyl (C=O) groups excluding carboxylic acids is 1. The molecule has 3 rings (SSSR count). The summed E-state index contributed by atoms with van der Waals surface area (Å²) in [6.07, 6.45) is -0.0306. The fraction of sp³-hybridized carbons (Fsp3) is 0.400. The molecule has 2 atom stereocenters. The Hall–Kier alpha value is -2.45. The molecule has 8 nitrogen and oxygen atoms in total. The van der Waals surface area contributed by atoms with E-state index < -0.39 is 6.10 Å². The number of nitrogens with one attached hydrogen (secondary N) is 3. The number of aromatic amines is 1. The Labute approximate surface area is 133 Å². The molecule has 1 fully saturated rings. The summed E-state index contributed by atoms with van der Waals surface area (Å²) in [7, 11) is 1.61. The number of benzene rings is 1. The summed E-state index contributed by atoms with van der Waals surface area (Å²) in [5, 5.41) is 22.1. The molecule has 0 saturated carbocycles. The molecule has 2 aromatic rings. The summed E-state index contributed by atoms with van der Waals surface area (Å²) in [5.41, 5.74) is 0.861. The second-order valence-electron chi connectivity index (χ2n) is 5.40. The molecule has 0 radical (unpaired) electrons. The number of aliphatic hydroxyl groups is 1. The Morgan fingerprint density at radius 1 is 1.43 bits per heavy atom. The van der Waals surface area contributed by atoms with Crippen molar-refractivity contribution in [1.29, 1.82) is 0 Å². The number of ether oxygens (including phenoxy) is 1. The largest absolute Gasteiger partial charge is 0.497 e. The maximum atomic E-state index is 12.0. The molecule has 1 saturated heterocycles. The van der Waals surface area contributed by atoms with E-state index in [1.807, 2.05) is 24.3 Å². The third-order valence-electron chi connectivity index (χ3n) is 3.73. The number of H-pyrrole nitrogens is 1. The predicted octanol–water partition coefficient (Wildman–Crippen LogP) is -0.181. The number of nitrogens with zero attached hydrogens (tertiary/aromatic N) is 2. The van der Waals surface area contributed by atoms with E-state index in [1.54, 1.807) is 7.11 Å². The number of rotatable bonds is 5.